The molecule has 208 valence electrons. The van der Waals surface area contributed by atoms with E-state index in [-0.39, 0.29) is 24.5 Å². The molecule has 2 atom stereocenters. The molecule has 1 aliphatic rings. The van der Waals surface area contributed by atoms with E-state index in [4.69, 9.17) is 9.47 Å². The first-order chi connectivity index (χ1) is 18.3. The van der Waals surface area contributed by atoms with Crippen LogP contribution in [0.15, 0.2) is 74.5 Å². The molecule has 0 spiro atoms. The van der Waals surface area contributed by atoms with Gasteiger partial charge in [0.15, 0.2) is 0 Å². The van der Waals surface area contributed by atoms with Gasteiger partial charge in [-0.15, -0.1) is 0 Å². The zero-order valence-corrected chi connectivity index (χ0v) is 25.6. The maximum Gasteiger partial charge on any atom is 0.411 e. The van der Waals surface area contributed by atoms with E-state index >= 15 is 0 Å². The van der Waals surface area contributed by atoms with Crippen LogP contribution in [0.3, 0.4) is 0 Å². The smallest absolute Gasteiger partial charge is 0.411 e. The number of carbonyl (C=O) groups excluding carboxylic acids is 2. The monoisotopic (exact) mass is 681 g/mol. The summed E-state index contributed by atoms with van der Waals surface area (Å²) in [7, 11) is -3.92. The molecule has 12 heteroatoms. The van der Waals surface area contributed by atoms with E-state index < -0.39 is 39.9 Å². The first kappa shape index (κ1) is 29.3. The van der Waals surface area contributed by atoms with Crippen molar-refractivity contribution in [3.63, 3.8) is 0 Å². The van der Waals surface area contributed by atoms with Gasteiger partial charge >= 0.3 is 12.2 Å². The molecule has 1 saturated heterocycles. The zero-order valence-electron chi connectivity index (χ0n) is 21.6. The first-order valence-electron chi connectivity index (χ1n) is 12.2. The van der Waals surface area contributed by atoms with Gasteiger partial charge in [0.2, 0.25) is 10.0 Å². The summed E-state index contributed by atoms with van der Waals surface area (Å²) >= 11 is 6.59. The van der Waals surface area contributed by atoms with Gasteiger partial charge in [-0.25, -0.2) is 22.7 Å². The number of halogens is 2. The number of nitrogens with one attached hydrogen (secondary N) is 2. The molecule has 1 fully saturated rings. The van der Waals surface area contributed by atoms with Crippen LogP contribution in [-0.2, 0) is 19.5 Å². The largest absolute Gasteiger partial charge is 0.447 e. The molecule has 0 radical (unpaired) electrons. The van der Waals surface area contributed by atoms with Crippen LogP contribution in [-0.4, -0.2) is 56.3 Å². The number of amides is 2. The van der Waals surface area contributed by atoms with E-state index in [1.54, 1.807) is 39.0 Å². The molecule has 4 rings (SSSR count). The van der Waals surface area contributed by atoms with Gasteiger partial charge in [0.25, 0.3) is 0 Å². The Morgan fingerprint density at radius 3 is 2.46 bits per heavy atom. The molecule has 3 aromatic carbocycles. The second kappa shape index (κ2) is 11.8. The van der Waals surface area contributed by atoms with Crippen molar-refractivity contribution in [1.82, 2.24) is 9.62 Å². The van der Waals surface area contributed by atoms with E-state index in [0.717, 1.165) is 10.8 Å². The molecule has 9 nitrogen and oxygen atoms in total. The number of nitrogens with zero attached hydrogens (tertiary/aromatic N) is 1. The van der Waals surface area contributed by atoms with Gasteiger partial charge in [-0.3, -0.25) is 5.32 Å². The number of hydrogen-bond donors (Lipinski definition) is 2. The highest BCUT2D eigenvalue weighted by atomic mass is 79.9. The molecule has 0 bridgehead atoms. The van der Waals surface area contributed by atoms with Crippen LogP contribution in [0.1, 0.15) is 27.2 Å². The molecular formula is C27H29Br2N3O6S. The zero-order chi connectivity index (χ0) is 28.4. The molecule has 0 unspecified atom stereocenters. The number of benzene rings is 3. The van der Waals surface area contributed by atoms with E-state index in [9.17, 15) is 18.0 Å². The Labute approximate surface area is 244 Å². The Bertz CT molecular complexity index is 1490. The lowest BCUT2D eigenvalue weighted by Crippen LogP contribution is -2.43. The SMILES string of the molecule is CC(C)(C)OC(=O)N1C[C@H](NS(=O)(=O)c2cc(Br)ccc2Br)C[C@@H]1COC(=O)Nc1ccc2ccccc2c1. The molecule has 1 aliphatic heterocycles. The highest BCUT2D eigenvalue weighted by Gasteiger charge is 2.40. The van der Waals surface area contributed by atoms with E-state index in [0.29, 0.717) is 14.6 Å². The number of fused-ring (bicyclic) bond motifs is 1. The molecule has 2 N–H and O–H groups in total. The van der Waals surface area contributed by atoms with Crippen LogP contribution in [0.5, 0.6) is 0 Å². The van der Waals surface area contributed by atoms with Gasteiger partial charge in [0.1, 0.15) is 12.2 Å². The van der Waals surface area contributed by atoms with Crippen LogP contribution < -0.4 is 10.0 Å². The highest BCUT2D eigenvalue weighted by Crippen LogP contribution is 2.28. The Kier molecular flexibility index (Phi) is 8.89. The van der Waals surface area contributed by atoms with Crippen molar-refractivity contribution < 1.29 is 27.5 Å². The maximum atomic E-state index is 13.1. The summed E-state index contributed by atoms with van der Waals surface area (Å²) in [6, 6.07) is 16.9. The topological polar surface area (TPSA) is 114 Å². The Hall–Kier alpha value is -2.67. The molecule has 39 heavy (non-hydrogen) atoms. The van der Waals surface area contributed by atoms with Gasteiger partial charge in [-0.2, -0.15) is 0 Å². The van der Waals surface area contributed by atoms with Gasteiger partial charge < -0.3 is 14.4 Å². The van der Waals surface area contributed by atoms with E-state index in [1.165, 1.54) is 11.0 Å². The van der Waals surface area contributed by atoms with Gasteiger partial charge in [0.05, 0.1) is 10.9 Å². The Morgan fingerprint density at radius 1 is 1.03 bits per heavy atom. The predicted octanol–water partition coefficient (Wildman–Crippen LogP) is 6.27. The lowest BCUT2D eigenvalue weighted by Gasteiger charge is -2.28. The fourth-order valence-electron chi connectivity index (χ4n) is 4.26. The average Bonchev–Trinajstić information content (AvgIpc) is 3.25. The Morgan fingerprint density at radius 2 is 1.74 bits per heavy atom. The first-order valence-corrected chi connectivity index (χ1v) is 15.3. The fraction of sp³-hybridized carbons (Fsp3) is 0.333. The minimum atomic E-state index is -3.92. The lowest BCUT2D eigenvalue weighted by atomic mass is 10.1. The van der Waals surface area contributed by atoms with Crippen molar-refractivity contribution in [1.29, 1.82) is 0 Å². The standard InChI is InChI=1S/C27H29Br2N3O6S/c1-27(2,3)38-26(34)32-15-21(31-39(35,36)24-13-19(28)9-11-23(24)29)14-22(32)16-37-25(33)30-20-10-8-17-6-4-5-7-18(17)12-20/h4-13,21-22,31H,14-16H2,1-3H3,(H,30,33)/t21-,22-/m1/s1. The number of rotatable bonds is 6. The maximum absolute atomic E-state index is 13.1. The van der Waals surface area contributed by atoms with Crippen molar-refractivity contribution in [3.05, 3.63) is 69.6 Å². The third-order valence-corrected chi connectivity index (χ3v) is 8.96. The van der Waals surface area contributed by atoms with Gasteiger partial charge in [-0.05, 0) is 84.2 Å². The van der Waals surface area contributed by atoms with Crippen molar-refractivity contribution in [2.24, 2.45) is 0 Å². The van der Waals surface area contributed by atoms with Crippen LogP contribution in [0.25, 0.3) is 10.8 Å². The summed E-state index contributed by atoms with van der Waals surface area (Å²) in [5, 5.41) is 4.71. The van der Waals surface area contributed by atoms with Crippen molar-refractivity contribution in [3.8, 4) is 0 Å². The average molecular weight is 683 g/mol. The van der Waals surface area contributed by atoms with Gasteiger partial charge in [-0.1, -0.05) is 46.3 Å². The van der Waals surface area contributed by atoms with Crippen LogP contribution >= 0.6 is 31.9 Å². The third-order valence-electron chi connectivity index (χ3n) is 5.95. The van der Waals surface area contributed by atoms with Crippen molar-refractivity contribution in [2.75, 3.05) is 18.5 Å². The van der Waals surface area contributed by atoms with Crippen molar-refractivity contribution in [2.45, 2.75) is 49.8 Å². The summed E-state index contributed by atoms with van der Waals surface area (Å²) in [5.74, 6) is 0. The number of sulfonamides is 1. The Balaban J connectivity index is 1.45. The molecule has 2 amide bonds. The van der Waals surface area contributed by atoms with Crippen LogP contribution in [0.2, 0.25) is 0 Å². The number of likely N-dealkylation sites (tertiary alicyclic amines) is 1. The van der Waals surface area contributed by atoms with Crippen molar-refractivity contribution >= 4 is 70.5 Å². The minimum Gasteiger partial charge on any atom is -0.447 e. The molecule has 0 saturated carbocycles. The summed E-state index contributed by atoms with van der Waals surface area (Å²) < 4.78 is 41.0. The molecule has 0 aromatic heterocycles. The lowest BCUT2D eigenvalue weighted by molar-refractivity contribution is 0.0163. The van der Waals surface area contributed by atoms with Crippen LogP contribution in [0.4, 0.5) is 15.3 Å². The molecule has 3 aromatic rings. The van der Waals surface area contributed by atoms with Gasteiger partial charge in [0, 0.05) is 27.2 Å². The minimum absolute atomic E-state index is 0.0556. The number of carbonyl (C=O) groups is 2. The third kappa shape index (κ3) is 7.71. The fourth-order valence-corrected chi connectivity index (χ4v) is 7.01. The summed E-state index contributed by atoms with van der Waals surface area (Å²) in [6.07, 6.45) is -1.07. The quantitative estimate of drug-likeness (QED) is 0.317. The highest BCUT2D eigenvalue weighted by molar-refractivity contribution is 9.11. The van der Waals surface area contributed by atoms with E-state index in [2.05, 4.69) is 41.9 Å². The normalized spacial score (nSPS) is 17.7. The summed E-state index contributed by atoms with van der Waals surface area (Å²) in [5.41, 5.74) is -0.186. The second-order valence-electron chi connectivity index (χ2n) is 10.2. The predicted molar refractivity (Wildman–Crippen MR) is 156 cm³/mol. The van der Waals surface area contributed by atoms with E-state index in [1.807, 2.05) is 36.4 Å². The number of ether oxygens (including phenoxy) is 2. The number of anilines is 1. The second-order valence-corrected chi connectivity index (χ2v) is 13.7. The number of hydrogen-bond acceptors (Lipinski definition) is 6. The molecule has 1 heterocycles. The molecule has 0 aliphatic carbocycles. The summed E-state index contributed by atoms with van der Waals surface area (Å²) in [4.78, 5) is 27.0. The van der Waals surface area contributed by atoms with Crippen LogP contribution in [0, 0.1) is 0 Å². The summed E-state index contributed by atoms with van der Waals surface area (Å²) in [6.45, 7) is 5.15. The molecular weight excluding hydrogens is 654 g/mol.